The molecule has 3 N–H and O–H groups in total. The van der Waals surface area contributed by atoms with Gasteiger partial charge in [-0.25, -0.2) is 10.5 Å². The lowest BCUT2D eigenvalue weighted by Crippen LogP contribution is -2.14. The van der Waals surface area contributed by atoms with Crippen molar-refractivity contribution in [1.82, 2.24) is 15.0 Å². The summed E-state index contributed by atoms with van der Waals surface area (Å²) < 4.78 is 13.5. The van der Waals surface area contributed by atoms with Gasteiger partial charge in [0.1, 0.15) is 12.4 Å². The highest BCUT2D eigenvalue weighted by molar-refractivity contribution is 5.92. The summed E-state index contributed by atoms with van der Waals surface area (Å²) in [6, 6.07) is 21.1. The van der Waals surface area contributed by atoms with Crippen molar-refractivity contribution >= 4 is 23.0 Å². The fourth-order valence-electron chi connectivity index (χ4n) is 3.79. The number of hydrogen-bond acceptors (Lipinski definition) is 6. The molecule has 4 rings (SSSR count). The molecule has 0 saturated carbocycles. The number of imidazole rings is 1. The van der Waals surface area contributed by atoms with Crippen molar-refractivity contribution in [2.24, 2.45) is 0 Å². The number of fused-ring (bicyclic) bond motifs is 1. The van der Waals surface area contributed by atoms with Gasteiger partial charge in [-0.05, 0) is 54.5 Å². The van der Waals surface area contributed by atoms with Gasteiger partial charge in [0.15, 0.2) is 11.5 Å². The van der Waals surface area contributed by atoms with Crippen molar-refractivity contribution in [3.63, 3.8) is 0 Å². The fourth-order valence-corrected chi connectivity index (χ4v) is 3.79. The van der Waals surface area contributed by atoms with Gasteiger partial charge < -0.3 is 19.1 Å². The zero-order chi connectivity index (χ0) is 24.8. The smallest absolute Gasteiger partial charge is 0.267 e. The second-order valence-corrected chi connectivity index (χ2v) is 8.09. The van der Waals surface area contributed by atoms with Crippen LogP contribution in [0.3, 0.4) is 0 Å². The molecule has 1 aromatic heterocycles. The highest BCUT2D eigenvalue weighted by Gasteiger charge is 2.17. The summed E-state index contributed by atoms with van der Waals surface area (Å²) >= 11 is 0. The molecule has 8 nitrogen and oxygen atoms in total. The molecule has 4 aromatic rings. The Morgan fingerprint density at radius 2 is 1.91 bits per heavy atom. The normalized spacial score (nSPS) is 12.1. The number of nitrogens with one attached hydrogen (secondary N) is 1. The molecule has 0 spiro atoms. The average molecular weight is 474 g/mol. The van der Waals surface area contributed by atoms with Gasteiger partial charge in [-0.2, -0.15) is 0 Å². The topological polar surface area (TPSA) is 106 Å². The number of methoxy groups -OCH3 is 1. The predicted molar refractivity (Wildman–Crippen MR) is 133 cm³/mol. The Morgan fingerprint density at radius 3 is 2.63 bits per heavy atom. The summed E-state index contributed by atoms with van der Waals surface area (Å²) in [6.45, 7) is 2.49. The third-order valence-electron chi connectivity index (χ3n) is 5.42. The van der Waals surface area contributed by atoms with Gasteiger partial charge >= 0.3 is 0 Å². The summed E-state index contributed by atoms with van der Waals surface area (Å²) in [4.78, 5) is 16.1. The Labute approximate surface area is 203 Å². The van der Waals surface area contributed by atoms with Gasteiger partial charge in [0.2, 0.25) is 0 Å². The lowest BCUT2D eigenvalue weighted by Gasteiger charge is -2.14. The SMILES string of the molecule is COc1cc(-c2nc3cc(/C=C/C(=O)NO)ccc3n2CC(C)O)ccc1OCc1ccccc1. The summed E-state index contributed by atoms with van der Waals surface area (Å²) in [5.74, 6) is 1.25. The van der Waals surface area contributed by atoms with Crippen LogP contribution in [0.2, 0.25) is 0 Å². The van der Waals surface area contributed by atoms with Crippen molar-refractivity contribution in [2.45, 2.75) is 26.2 Å². The molecule has 1 amide bonds. The maximum Gasteiger partial charge on any atom is 0.267 e. The molecule has 0 fully saturated rings. The molecule has 35 heavy (non-hydrogen) atoms. The number of rotatable bonds is 9. The molecule has 0 aliphatic heterocycles. The number of hydroxylamine groups is 1. The summed E-state index contributed by atoms with van der Waals surface area (Å²) in [5.41, 5.74) is 5.72. The molecule has 0 aliphatic rings. The van der Waals surface area contributed by atoms with Gasteiger partial charge in [0.25, 0.3) is 5.91 Å². The molecule has 0 aliphatic carbocycles. The summed E-state index contributed by atoms with van der Waals surface area (Å²) in [6.07, 6.45) is 2.23. The molecule has 8 heteroatoms. The minimum absolute atomic E-state index is 0.350. The number of carbonyl (C=O) groups excluding carboxylic acids is 1. The van der Waals surface area contributed by atoms with Crippen LogP contribution in [0, 0.1) is 0 Å². The molecule has 0 bridgehead atoms. The second-order valence-electron chi connectivity index (χ2n) is 8.09. The Balaban J connectivity index is 1.69. The van der Waals surface area contributed by atoms with Gasteiger partial charge in [0, 0.05) is 11.6 Å². The van der Waals surface area contributed by atoms with Crippen LogP contribution in [0.4, 0.5) is 0 Å². The van der Waals surface area contributed by atoms with Gasteiger partial charge in [-0.1, -0.05) is 36.4 Å². The number of benzene rings is 3. The van der Waals surface area contributed by atoms with Crippen molar-refractivity contribution in [3.8, 4) is 22.9 Å². The maximum absolute atomic E-state index is 11.3. The van der Waals surface area contributed by atoms with E-state index in [1.54, 1.807) is 25.6 Å². The number of aliphatic hydroxyl groups is 1. The molecule has 3 aromatic carbocycles. The molecular formula is C27H27N3O5. The predicted octanol–water partition coefficient (Wildman–Crippen LogP) is 4.19. The van der Waals surface area contributed by atoms with Crippen LogP contribution < -0.4 is 15.0 Å². The number of nitrogens with zero attached hydrogens (tertiary/aromatic N) is 2. The van der Waals surface area contributed by atoms with Crippen LogP contribution in [-0.4, -0.2) is 39.0 Å². The number of aliphatic hydroxyl groups excluding tert-OH is 1. The first-order valence-electron chi connectivity index (χ1n) is 11.1. The van der Waals surface area contributed by atoms with E-state index in [0.717, 1.165) is 22.2 Å². The first-order valence-corrected chi connectivity index (χ1v) is 11.1. The highest BCUT2D eigenvalue weighted by Crippen LogP contribution is 2.34. The number of hydrogen-bond donors (Lipinski definition) is 3. The van der Waals surface area contributed by atoms with E-state index in [2.05, 4.69) is 0 Å². The monoisotopic (exact) mass is 473 g/mol. The average Bonchev–Trinajstić information content (AvgIpc) is 3.23. The van der Waals surface area contributed by atoms with Gasteiger partial charge in [-0.15, -0.1) is 0 Å². The molecular weight excluding hydrogens is 446 g/mol. The maximum atomic E-state index is 11.3. The minimum Gasteiger partial charge on any atom is -0.493 e. The standard InChI is InChI=1S/C27H27N3O5/c1-18(31)16-30-23-11-8-19(9-13-26(32)29-33)14-22(23)28-27(30)21-10-12-24(25(15-21)34-2)35-17-20-6-4-3-5-7-20/h3-15,18,31,33H,16-17H2,1-2H3,(H,29,32)/b13-9+. The molecule has 0 radical (unpaired) electrons. The molecule has 1 unspecified atom stereocenters. The number of amides is 1. The zero-order valence-corrected chi connectivity index (χ0v) is 19.5. The van der Waals surface area contributed by atoms with Crippen molar-refractivity contribution in [3.05, 3.63) is 83.9 Å². The quantitative estimate of drug-likeness (QED) is 0.191. The van der Waals surface area contributed by atoms with E-state index >= 15 is 0 Å². The third kappa shape index (κ3) is 5.68. The number of carbonyl (C=O) groups is 1. The minimum atomic E-state index is -0.618. The van der Waals surface area contributed by atoms with Gasteiger partial charge in [-0.3, -0.25) is 10.0 Å². The van der Waals surface area contributed by atoms with Crippen molar-refractivity contribution < 1.29 is 24.6 Å². The number of aromatic nitrogens is 2. The van der Waals surface area contributed by atoms with Crippen LogP contribution in [0.5, 0.6) is 11.5 Å². The van der Waals surface area contributed by atoms with E-state index in [9.17, 15) is 9.90 Å². The lowest BCUT2D eigenvalue weighted by molar-refractivity contribution is -0.124. The van der Waals surface area contributed by atoms with Crippen LogP contribution in [0.25, 0.3) is 28.5 Å². The fraction of sp³-hybridized carbons (Fsp3) is 0.185. The summed E-state index contributed by atoms with van der Waals surface area (Å²) in [7, 11) is 1.59. The van der Waals surface area contributed by atoms with Crippen LogP contribution in [0.15, 0.2) is 72.8 Å². The van der Waals surface area contributed by atoms with Crippen LogP contribution >= 0.6 is 0 Å². The van der Waals surface area contributed by atoms with Crippen LogP contribution in [-0.2, 0) is 17.9 Å². The Morgan fingerprint density at radius 1 is 1.11 bits per heavy atom. The van der Waals surface area contributed by atoms with E-state index in [0.29, 0.717) is 36.0 Å². The lowest BCUT2D eigenvalue weighted by atomic mass is 10.1. The largest absolute Gasteiger partial charge is 0.493 e. The van der Waals surface area contributed by atoms with E-state index in [1.807, 2.05) is 71.3 Å². The van der Waals surface area contributed by atoms with E-state index in [1.165, 1.54) is 6.08 Å². The Bertz CT molecular complexity index is 1350. The summed E-state index contributed by atoms with van der Waals surface area (Å²) in [5, 5.41) is 18.8. The number of ether oxygens (including phenoxy) is 2. The first kappa shape index (κ1) is 24.0. The van der Waals surface area contributed by atoms with Crippen LogP contribution in [0.1, 0.15) is 18.1 Å². The van der Waals surface area contributed by atoms with E-state index < -0.39 is 12.0 Å². The molecule has 1 atom stereocenters. The molecule has 180 valence electrons. The Kier molecular flexibility index (Phi) is 7.45. The zero-order valence-electron chi connectivity index (χ0n) is 19.5. The second kappa shape index (κ2) is 10.9. The Hall–Kier alpha value is -4.14. The first-order chi connectivity index (χ1) is 17.0. The molecule has 1 heterocycles. The van der Waals surface area contributed by atoms with Gasteiger partial charge in [0.05, 0.1) is 30.8 Å². The van der Waals surface area contributed by atoms with E-state index in [-0.39, 0.29) is 0 Å². The van der Waals surface area contributed by atoms with E-state index in [4.69, 9.17) is 19.7 Å². The third-order valence-corrected chi connectivity index (χ3v) is 5.42. The van der Waals surface area contributed by atoms with Crippen molar-refractivity contribution in [1.29, 1.82) is 0 Å². The van der Waals surface area contributed by atoms with Crippen molar-refractivity contribution in [2.75, 3.05) is 7.11 Å². The molecule has 0 saturated heterocycles. The highest BCUT2D eigenvalue weighted by atomic mass is 16.5.